The number of H-pyrrole nitrogens is 1. The van der Waals surface area contributed by atoms with Gasteiger partial charge in [0.25, 0.3) is 5.91 Å². The number of aromatic amines is 1. The van der Waals surface area contributed by atoms with E-state index in [0.717, 1.165) is 29.1 Å². The Hall–Kier alpha value is -2.10. The molecule has 0 aliphatic carbocycles. The SMILES string of the molecule is O=C(NCC1CC(O)CN1)C1=CN(c2ncnc3[nH]ccc23)CCS1. The van der Waals surface area contributed by atoms with E-state index in [4.69, 9.17) is 0 Å². The van der Waals surface area contributed by atoms with Crippen molar-refractivity contribution in [2.75, 3.05) is 30.3 Å². The summed E-state index contributed by atoms with van der Waals surface area (Å²) in [5.74, 6) is 1.53. The molecule has 2 unspecified atom stereocenters. The van der Waals surface area contributed by atoms with Crippen molar-refractivity contribution in [3.8, 4) is 0 Å². The second-order valence-corrected chi connectivity index (χ2v) is 7.31. The Morgan fingerprint density at radius 3 is 3.24 bits per heavy atom. The number of carbonyl (C=O) groups excluding carboxylic acids is 1. The van der Waals surface area contributed by atoms with E-state index >= 15 is 0 Å². The highest BCUT2D eigenvalue weighted by Crippen LogP contribution is 2.28. The van der Waals surface area contributed by atoms with Gasteiger partial charge in [-0.25, -0.2) is 9.97 Å². The van der Waals surface area contributed by atoms with E-state index in [0.29, 0.717) is 24.4 Å². The van der Waals surface area contributed by atoms with E-state index in [1.165, 1.54) is 6.33 Å². The van der Waals surface area contributed by atoms with Crippen molar-refractivity contribution in [1.29, 1.82) is 0 Å². The summed E-state index contributed by atoms with van der Waals surface area (Å²) in [6.45, 7) is 1.89. The molecule has 0 radical (unpaired) electrons. The van der Waals surface area contributed by atoms with Gasteiger partial charge in [-0.05, 0) is 12.5 Å². The Morgan fingerprint density at radius 2 is 2.40 bits per heavy atom. The Bertz CT molecular complexity index is 807. The highest BCUT2D eigenvalue weighted by atomic mass is 32.2. The molecule has 25 heavy (non-hydrogen) atoms. The summed E-state index contributed by atoms with van der Waals surface area (Å²) in [5, 5.41) is 16.6. The quantitative estimate of drug-likeness (QED) is 0.617. The number of fused-ring (bicyclic) bond motifs is 1. The molecule has 4 N–H and O–H groups in total. The molecular formula is C16H20N6O2S. The number of nitrogens with zero attached hydrogens (tertiary/aromatic N) is 3. The van der Waals surface area contributed by atoms with E-state index in [1.807, 2.05) is 23.4 Å². The summed E-state index contributed by atoms with van der Waals surface area (Å²) in [6.07, 6.45) is 5.57. The molecule has 9 heteroatoms. The van der Waals surface area contributed by atoms with Gasteiger partial charge in [0.05, 0.1) is 16.4 Å². The Balaban J connectivity index is 1.46. The number of hydrogen-bond acceptors (Lipinski definition) is 7. The van der Waals surface area contributed by atoms with Gasteiger partial charge >= 0.3 is 0 Å². The topological polar surface area (TPSA) is 106 Å². The zero-order chi connectivity index (χ0) is 17.2. The second kappa shape index (κ2) is 7.03. The van der Waals surface area contributed by atoms with Crippen molar-refractivity contribution in [2.45, 2.75) is 18.6 Å². The van der Waals surface area contributed by atoms with Crippen molar-refractivity contribution in [2.24, 2.45) is 0 Å². The molecule has 0 spiro atoms. The van der Waals surface area contributed by atoms with E-state index in [2.05, 4.69) is 25.6 Å². The van der Waals surface area contributed by atoms with Crippen LogP contribution in [0.2, 0.25) is 0 Å². The molecule has 2 aliphatic rings. The van der Waals surface area contributed by atoms with Crippen LogP contribution in [0.1, 0.15) is 6.42 Å². The number of amides is 1. The summed E-state index contributed by atoms with van der Waals surface area (Å²) in [6, 6.07) is 2.07. The van der Waals surface area contributed by atoms with Gasteiger partial charge in [0.1, 0.15) is 17.8 Å². The first kappa shape index (κ1) is 16.4. The average molecular weight is 360 g/mol. The largest absolute Gasteiger partial charge is 0.392 e. The number of hydrogen-bond donors (Lipinski definition) is 4. The van der Waals surface area contributed by atoms with Crippen molar-refractivity contribution in [3.05, 3.63) is 29.7 Å². The monoisotopic (exact) mass is 360 g/mol. The van der Waals surface area contributed by atoms with Crippen LogP contribution in [0.4, 0.5) is 5.82 Å². The molecule has 4 heterocycles. The minimum absolute atomic E-state index is 0.0859. The summed E-state index contributed by atoms with van der Waals surface area (Å²) in [7, 11) is 0. The summed E-state index contributed by atoms with van der Waals surface area (Å²) >= 11 is 1.55. The van der Waals surface area contributed by atoms with Crippen LogP contribution in [-0.4, -0.2) is 63.5 Å². The van der Waals surface area contributed by atoms with Crippen LogP contribution in [0, 0.1) is 0 Å². The minimum atomic E-state index is -0.317. The number of aromatic nitrogens is 3. The van der Waals surface area contributed by atoms with Gasteiger partial charge in [-0.2, -0.15) is 0 Å². The number of nitrogens with one attached hydrogen (secondary N) is 3. The van der Waals surface area contributed by atoms with E-state index in [9.17, 15) is 9.90 Å². The lowest BCUT2D eigenvalue weighted by Crippen LogP contribution is -2.38. The minimum Gasteiger partial charge on any atom is -0.392 e. The normalized spacial score (nSPS) is 23.7. The molecule has 1 amide bonds. The number of aliphatic hydroxyl groups is 1. The molecule has 2 aliphatic heterocycles. The van der Waals surface area contributed by atoms with Crippen LogP contribution in [0.3, 0.4) is 0 Å². The van der Waals surface area contributed by atoms with Gasteiger partial charge in [0.15, 0.2) is 0 Å². The highest BCUT2D eigenvalue weighted by Gasteiger charge is 2.24. The van der Waals surface area contributed by atoms with Gasteiger partial charge < -0.3 is 25.6 Å². The second-order valence-electron chi connectivity index (χ2n) is 6.18. The van der Waals surface area contributed by atoms with Crippen LogP contribution < -0.4 is 15.5 Å². The molecule has 4 rings (SSSR count). The third-order valence-corrected chi connectivity index (χ3v) is 5.39. The van der Waals surface area contributed by atoms with E-state index in [1.54, 1.807) is 11.8 Å². The molecule has 0 saturated carbocycles. The molecule has 1 saturated heterocycles. The first-order valence-electron chi connectivity index (χ1n) is 8.29. The third-order valence-electron chi connectivity index (χ3n) is 4.40. The van der Waals surface area contributed by atoms with Crippen molar-refractivity contribution in [1.82, 2.24) is 25.6 Å². The lowest BCUT2D eigenvalue weighted by Gasteiger charge is -2.25. The van der Waals surface area contributed by atoms with Crippen LogP contribution >= 0.6 is 11.8 Å². The average Bonchev–Trinajstić information content (AvgIpc) is 3.28. The van der Waals surface area contributed by atoms with Gasteiger partial charge in [0.2, 0.25) is 0 Å². The molecule has 8 nitrogen and oxygen atoms in total. The predicted octanol–water partition coefficient (Wildman–Crippen LogP) is 0.192. The predicted molar refractivity (Wildman–Crippen MR) is 97.2 cm³/mol. The van der Waals surface area contributed by atoms with Gasteiger partial charge in [-0.1, -0.05) is 0 Å². The number of β-amino-alcohol motifs (C(OH)–C–C–N with tert-alkyl or cyclic N) is 1. The molecule has 0 bridgehead atoms. The fraction of sp³-hybridized carbons (Fsp3) is 0.438. The van der Waals surface area contributed by atoms with Gasteiger partial charge in [-0.3, -0.25) is 4.79 Å². The van der Waals surface area contributed by atoms with Crippen LogP contribution in [-0.2, 0) is 4.79 Å². The van der Waals surface area contributed by atoms with E-state index in [-0.39, 0.29) is 18.1 Å². The maximum Gasteiger partial charge on any atom is 0.259 e. The summed E-state index contributed by atoms with van der Waals surface area (Å²) in [4.78, 5) is 26.8. The molecule has 0 aromatic carbocycles. The summed E-state index contributed by atoms with van der Waals surface area (Å²) in [5.41, 5.74) is 0.786. The van der Waals surface area contributed by atoms with Crippen molar-refractivity contribution < 1.29 is 9.90 Å². The van der Waals surface area contributed by atoms with Gasteiger partial charge in [-0.15, -0.1) is 11.8 Å². The standard InChI is InChI=1S/C16H20N6O2S/c23-11-5-10(18-7-11)6-19-16(24)13-8-22(3-4-25-13)15-12-1-2-17-14(12)20-9-21-15/h1-2,8-11,18,23H,3-7H2,(H,19,24)(H,17,20,21). The smallest absolute Gasteiger partial charge is 0.259 e. The summed E-state index contributed by atoms with van der Waals surface area (Å²) < 4.78 is 0. The molecule has 1 fully saturated rings. The van der Waals surface area contributed by atoms with E-state index < -0.39 is 0 Å². The lowest BCUT2D eigenvalue weighted by atomic mass is 10.2. The highest BCUT2D eigenvalue weighted by molar-refractivity contribution is 8.04. The molecular weight excluding hydrogens is 340 g/mol. The Labute approximate surface area is 149 Å². The maximum atomic E-state index is 12.5. The van der Waals surface area contributed by atoms with Crippen LogP contribution in [0.5, 0.6) is 0 Å². The number of anilines is 1. The number of aliphatic hydroxyl groups excluding tert-OH is 1. The fourth-order valence-corrected chi connectivity index (χ4v) is 4.05. The molecule has 2 atom stereocenters. The van der Waals surface area contributed by atoms with Crippen molar-refractivity contribution >= 4 is 34.5 Å². The number of carbonyl (C=O) groups is 1. The number of thioether (sulfide) groups is 1. The fourth-order valence-electron chi connectivity index (χ4n) is 3.13. The lowest BCUT2D eigenvalue weighted by molar-refractivity contribution is -0.116. The third kappa shape index (κ3) is 3.48. The van der Waals surface area contributed by atoms with Gasteiger partial charge in [0, 0.05) is 43.8 Å². The Morgan fingerprint density at radius 1 is 1.48 bits per heavy atom. The zero-order valence-corrected chi connectivity index (χ0v) is 14.4. The zero-order valence-electron chi connectivity index (χ0n) is 13.6. The van der Waals surface area contributed by atoms with Crippen LogP contribution in [0.15, 0.2) is 29.7 Å². The maximum absolute atomic E-state index is 12.5. The molecule has 2 aromatic heterocycles. The Kier molecular flexibility index (Phi) is 4.60. The van der Waals surface area contributed by atoms with Crippen LogP contribution in [0.25, 0.3) is 11.0 Å². The molecule has 2 aromatic rings. The first-order chi connectivity index (χ1) is 12.2. The molecule has 132 valence electrons. The van der Waals surface area contributed by atoms with Crippen molar-refractivity contribution in [3.63, 3.8) is 0 Å². The number of rotatable bonds is 4. The first-order valence-corrected chi connectivity index (χ1v) is 9.28.